The van der Waals surface area contributed by atoms with Gasteiger partial charge in [0.1, 0.15) is 10.6 Å². The monoisotopic (exact) mass is 366 g/mol. The molecule has 3 aromatic rings. The minimum atomic E-state index is -4.04. The molecule has 3 nitrogen and oxygen atoms in total. The van der Waals surface area contributed by atoms with Crippen molar-refractivity contribution >= 4 is 44.1 Å². The van der Waals surface area contributed by atoms with E-state index in [2.05, 4.69) is 0 Å². The number of rotatable bonds is 3. The third-order valence-electron chi connectivity index (χ3n) is 3.41. The molecule has 23 heavy (non-hydrogen) atoms. The zero-order valence-electron chi connectivity index (χ0n) is 12.1. The van der Waals surface area contributed by atoms with E-state index < -0.39 is 10.1 Å². The van der Waals surface area contributed by atoms with Crippen LogP contribution in [0, 0.1) is 6.92 Å². The summed E-state index contributed by atoms with van der Waals surface area (Å²) < 4.78 is 30.2. The molecule has 118 valence electrons. The van der Waals surface area contributed by atoms with Crippen LogP contribution in [0.25, 0.3) is 10.8 Å². The van der Waals surface area contributed by atoms with E-state index in [0.29, 0.717) is 10.6 Å². The zero-order valence-corrected chi connectivity index (χ0v) is 14.4. The van der Waals surface area contributed by atoms with Crippen LogP contribution in [0.3, 0.4) is 0 Å². The predicted molar refractivity (Wildman–Crippen MR) is 93.0 cm³/mol. The van der Waals surface area contributed by atoms with Crippen molar-refractivity contribution < 1.29 is 12.6 Å². The summed E-state index contributed by atoms with van der Waals surface area (Å²) in [6, 6.07) is 15.5. The predicted octanol–water partition coefficient (Wildman–Crippen LogP) is 5.22. The van der Waals surface area contributed by atoms with Gasteiger partial charge in [0.15, 0.2) is 0 Å². The maximum Gasteiger partial charge on any atom is 0.340 e. The maximum absolute atomic E-state index is 12.5. The molecule has 3 aromatic carbocycles. The first kappa shape index (κ1) is 16.1. The Morgan fingerprint density at radius 2 is 1.57 bits per heavy atom. The minimum absolute atomic E-state index is 0.0291. The lowest BCUT2D eigenvalue weighted by atomic mass is 10.1. The largest absolute Gasteiger partial charge is 0.379 e. The number of fused-ring (bicyclic) bond motifs is 1. The summed E-state index contributed by atoms with van der Waals surface area (Å²) in [5.74, 6) is 0.229. The van der Waals surface area contributed by atoms with Crippen LogP contribution in [0.5, 0.6) is 5.75 Å². The van der Waals surface area contributed by atoms with E-state index in [1.54, 1.807) is 25.1 Å². The fourth-order valence-electron chi connectivity index (χ4n) is 2.21. The molecule has 0 atom stereocenters. The lowest BCUT2D eigenvalue weighted by molar-refractivity contribution is 0.486. The maximum atomic E-state index is 12.5. The first-order valence-electron chi connectivity index (χ1n) is 6.76. The van der Waals surface area contributed by atoms with Gasteiger partial charge in [0.25, 0.3) is 0 Å². The molecule has 0 aliphatic rings. The molecule has 0 unspecified atom stereocenters. The molecule has 0 heterocycles. The first-order chi connectivity index (χ1) is 10.9. The van der Waals surface area contributed by atoms with E-state index in [1.807, 2.05) is 24.3 Å². The van der Waals surface area contributed by atoms with Crippen molar-refractivity contribution in [2.75, 3.05) is 0 Å². The topological polar surface area (TPSA) is 43.4 Å². The van der Waals surface area contributed by atoms with E-state index in [1.165, 1.54) is 12.1 Å². The van der Waals surface area contributed by atoms with Crippen molar-refractivity contribution in [3.63, 3.8) is 0 Å². The number of hydrogen-bond acceptors (Lipinski definition) is 3. The number of halogens is 2. The molecule has 0 amide bonds. The number of benzene rings is 3. The van der Waals surface area contributed by atoms with Crippen LogP contribution >= 0.6 is 23.2 Å². The highest BCUT2D eigenvalue weighted by molar-refractivity contribution is 7.87. The number of hydrogen-bond donors (Lipinski definition) is 0. The third kappa shape index (κ3) is 3.29. The first-order valence-corrected chi connectivity index (χ1v) is 8.92. The smallest absolute Gasteiger partial charge is 0.340 e. The van der Waals surface area contributed by atoms with Crippen molar-refractivity contribution in [1.29, 1.82) is 0 Å². The SMILES string of the molecule is Cc1cc(S(=O)(=O)Oc2ccc3ccccc3c2)c(Cl)cc1Cl. The van der Waals surface area contributed by atoms with Crippen LogP contribution in [0.2, 0.25) is 10.0 Å². The van der Waals surface area contributed by atoms with Gasteiger partial charge >= 0.3 is 10.1 Å². The summed E-state index contributed by atoms with van der Waals surface area (Å²) in [5.41, 5.74) is 0.608. The Balaban J connectivity index is 2.01. The van der Waals surface area contributed by atoms with Gasteiger partial charge in [-0.05, 0) is 47.5 Å². The number of aryl methyl sites for hydroxylation is 1. The van der Waals surface area contributed by atoms with Crippen molar-refractivity contribution in [2.45, 2.75) is 11.8 Å². The van der Waals surface area contributed by atoms with Gasteiger partial charge in [-0.1, -0.05) is 53.5 Å². The van der Waals surface area contributed by atoms with Gasteiger partial charge in [-0.2, -0.15) is 8.42 Å². The summed E-state index contributed by atoms with van der Waals surface area (Å²) in [6.45, 7) is 1.70. The molecule has 0 saturated heterocycles. The Hall–Kier alpha value is -1.75. The third-order valence-corrected chi connectivity index (χ3v) is 5.53. The average molecular weight is 367 g/mol. The molecule has 3 rings (SSSR count). The highest BCUT2D eigenvalue weighted by Gasteiger charge is 2.22. The van der Waals surface area contributed by atoms with Crippen LogP contribution in [0.15, 0.2) is 59.5 Å². The van der Waals surface area contributed by atoms with Crippen LogP contribution in [0.4, 0.5) is 0 Å². The van der Waals surface area contributed by atoms with E-state index in [9.17, 15) is 8.42 Å². The highest BCUT2D eigenvalue weighted by Crippen LogP contribution is 2.31. The Morgan fingerprint density at radius 1 is 0.870 bits per heavy atom. The van der Waals surface area contributed by atoms with Gasteiger partial charge < -0.3 is 4.18 Å². The van der Waals surface area contributed by atoms with E-state index in [4.69, 9.17) is 27.4 Å². The normalized spacial score (nSPS) is 11.6. The second-order valence-corrected chi connectivity index (χ2v) is 7.41. The molecule has 0 radical (unpaired) electrons. The molecule has 0 aliphatic carbocycles. The fourth-order valence-corrected chi connectivity index (χ4v) is 3.95. The Labute approximate surface area is 144 Å². The Morgan fingerprint density at radius 3 is 2.30 bits per heavy atom. The van der Waals surface area contributed by atoms with Gasteiger partial charge in [0, 0.05) is 5.02 Å². The molecule has 0 aliphatic heterocycles. The van der Waals surface area contributed by atoms with Crippen LogP contribution in [0.1, 0.15) is 5.56 Å². The summed E-state index contributed by atoms with van der Waals surface area (Å²) in [4.78, 5) is -0.103. The molecule has 0 aromatic heterocycles. The van der Waals surface area contributed by atoms with Crippen molar-refractivity contribution in [3.05, 3.63) is 70.2 Å². The van der Waals surface area contributed by atoms with E-state index >= 15 is 0 Å². The molecular weight excluding hydrogens is 355 g/mol. The molecule has 0 spiro atoms. The van der Waals surface area contributed by atoms with E-state index in [0.717, 1.165) is 10.8 Å². The molecule has 0 N–H and O–H groups in total. The quantitative estimate of drug-likeness (QED) is 0.596. The van der Waals surface area contributed by atoms with Crippen molar-refractivity contribution in [1.82, 2.24) is 0 Å². The average Bonchev–Trinajstić information content (AvgIpc) is 2.50. The summed E-state index contributed by atoms with van der Waals surface area (Å²) in [6.07, 6.45) is 0. The molecule has 0 bridgehead atoms. The van der Waals surface area contributed by atoms with Gasteiger partial charge in [0.2, 0.25) is 0 Å². The van der Waals surface area contributed by atoms with Gasteiger partial charge in [-0.15, -0.1) is 0 Å². The van der Waals surface area contributed by atoms with Crippen molar-refractivity contribution in [2.24, 2.45) is 0 Å². The minimum Gasteiger partial charge on any atom is -0.379 e. The summed E-state index contributed by atoms with van der Waals surface area (Å²) in [5, 5.41) is 2.32. The van der Waals surface area contributed by atoms with Crippen LogP contribution < -0.4 is 4.18 Å². The lowest BCUT2D eigenvalue weighted by Gasteiger charge is -2.10. The fraction of sp³-hybridized carbons (Fsp3) is 0.0588. The molecule has 0 saturated carbocycles. The van der Waals surface area contributed by atoms with Crippen LogP contribution in [-0.4, -0.2) is 8.42 Å². The van der Waals surface area contributed by atoms with Gasteiger partial charge in [-0.3, -0.25) is 0 Å². The van der Waals surface area contributed by atoms with Crippen LogP contribution in [-0.2, 0) is 10.1 Å². The van der Waals surface area contributed by atoms with Gasteiger partial charge in [0.05, 0.1) is 5.02 Å². The summed E-state index contributed by atoms with van der Waals surface area (Å²) in [7, 11) is -4.04. The summed E-state index contributed by atoms with van der Waals surface area (Å²) >= 11 is 11.9. The second kappa shape index (κ2) is 6.04. The van der Waals surface area contributed by atoms with Crippen molar-refractivity contribution in [3.8, 4) is 5.75 Å². The van der Waals surface area contributed by atoms with Gasteiger partial charge in [-0.25, -0.2) is 0 Å². The molecule has 6 heteroatoms. The molecule has 0 fully saturated rings. The zero-order chi connectivity index (χ0) is 16.6. The standard InChI is InChI=1S/C17H12Cl2O3S/c1-11-8-17(16(19)10-15(11)18)23(20,21)22-14-7-6-12-4-2-3-5-13(12)9-14/h2-10H,1H3. The van der Waals surface area contributed by atoms with E-state index in [-0.39, 0.29) is 15.7 Å². The second-order valence-electron chi connectivity index (χ2n) is 5.08. The Bertz CT molecular complexity index is 998. The highest BCUT2D eigenvalue weighted by atomic mass is 35.5. The molecular formula is C17H12Cl2O3S. The lowest BCUT2D eigenvalue weighted by Crippen LogP contribution is -2.10. The Kier molecular flexibility index (Phi) is 4.23.